The van der Waals surface area contributed by atoms with Gasteiger partial charge in [-0.3, -0.25) is 9.69 Å². The van der Waals surface area contributed by atoms with Crippen LogP contribution in [0.1, 0.15) is 27.2 Å². The molecule has 1 rings (SSSR count). The van der Waals surface area contributed by atoms with Crippen LogP contribution in [-0.4, -0.2) is 29.7 Å². The number of carboxylic acid groups (broad SMARTS) is 1. The Morgan fingerprint density at radius 3 is 2.29 bits per heavy atom. The van der Waals surface area contributed by atoms with Crippen molar-refractivity contribution in [2.45, 2.75) is 33.2 Å². The van der Waals surface area contributed by atoms with E-state index in [2.05, 4.69) is 5.32 Å². The number of nitrogens with one attached hydrogen (secondary N) is 1. The smallest absolute Gasteiger partial charge is 0.323 e. The monoisotopic (exact) mass is 312 g/mol. The van der Waals surface area contributed by atoms with Crippen molar-refractivity contribution in [2.75, 3.05) is 11.4 Å². The number of benzene rings is 1. The molecule has 6 heteroatoms. The van der Waals surface area contributed by atoms with Crippen LogP contribution in [0.4, 0.5) is 10.5 Å². The summed E-state index contributed by atoms with van der Waals surface area (Å²) in [6.45, 7) is 5.60. The molecule has 1 aromatic rings. The van der Waals surface area contributed by atoms with Crippen LogP contribution in [-0.2, 0) is 4.79 Å². The summed E-state index contributed by atoms with van der Waals surface area (Å²) in [5, 5.41) is 12.4. The molecule has 0 radical (unpaired) electrons. The van der Waals surface area contributed by atoms with E-state index >= 15 is 0 Å². The Balaban J connectivity index is 2.94. The molecule has 0 saturated heterocycles. The molecular weight excluding hydrogens is 292 g/mol. The minimum absolute atomic E-state index is 0.00101. The minimum atomic E-state index is -1.07. The van der Waals surface area contributed by atoms with Gasteiger partial charge in [-0.25, -0.2) is 4.79 Å². The number of amides is 2. The van der Waals surface area contributed by atoms with E-state index in [0.29, 0.717) is 10.7 Å². The van der Waals surface area contributed by atoms with Crippen molar-refractivity contribution in [3.63, 3.8) is 0 Å². The fraction of sp³-hybridized carbons (Fsp3) is 0.467. The van der Waals surface area contributed by atoms with Gasteiger partial charge < -0.3 is 10.4 Å². The number of carboxylic acids is 1. The maximum Gasteiger partial charge on any atom is 0.323 e. The second-order valence-corrected chi connectivity index (χ2v) is 5.60. The van der Waals surface area contributed by atoms with Crippen molar-refractivity contribution in [2.24, 2.45) is 5.92 Å². The van der Waals surface area contributed by atoms with E-state index in [-0.39, 0.29) is 12.0 Å². The van der Waals surface area contributed by atoms with E-state index < -0.39 is 18.5 Å². The Hall–Kier alpha value is -1.75. The van der Waals surface area contributed by atoms with Crippen LogP contribution in [0.25, 0.3) is 0 Å². The number of hydrogen-bond donors (Lipinski definition) is 2. The van der Waals surface area contributed by atoms with Crippen molar-refractivity contribution >= 4 is 29.3 Å². The molecular formula is C15H21ClN2O3. The molecule has 0 fully saturated rings. The SMILES string of the molecule is CCC(NC(=O)N(CC(=O)O)c1ccc(Cl)cc1)C(C)C. The van der Waals surface area contributed by atoms with Crippen LogP contribution < -0.4 is 10.2 Å². The number of nitrogens with zero attached hydrogens (tertiary/aromatic N) is 1. The van der Waals surface area contributed by atoms with Gasteiger partial charge >= 0.3 is 12.0 Å². The molecule has 0 aromatic heterocycles. The molecule has 0 spiro atoms. The number of halogens is 1. The molecule has 1 aromatic carbocycles. The van der Waals surface area contributed by atoms with Crippen LogP contribution in [0.2, 0.25) is 5.02 Å². The van der Waals surface area contributed by atoms with Crippen molar-refractivity contribution in [1.82, 2.24) is 5.32 Å². The summed E-state index contributed by atoms with van der Waals surface area (Å²) in [5.74, 6) is -0.798. The number of hydrogen-bond acceptors (Lipinski definition) is 2. The maximum atomic E-state index is 12.4. The van der Waals surface area contributed by atoms with Gasteiger partial charge in [0, 0.05) is 16.8 Å². The van der Waals surface area contributed by atoms with Gasteiger partial charge in [-0.2, -0.15) is 0 Å². The highest BCUT2D eigenvalue weighted by Crippen LogP contribution is 2.18. The molecule has 1 unspecified atom stereocenters. The fourth-order valence-electron chi connectivity index (χ4n) is 2.01. The standard InChI is InChI=1S/C15H21ClN2O3/c1-4-13(10(2)3)17-15(21)18(9-14(19)20)12-7-5-11(16)6-8-12/h5-8,10,13H,4,9H2,1-3H3,(H,17,21)(H,19,20). The van der Waals surface area contributed by atoms with Crippen LogP contribution in [0.3, 0.4) is 0 Å². The zero-order chi connectivity index (χ0) is 16.0. The lowest BCUT2D eigenvalue weighted by atomic mass is 10.0. The van der Waals surface area contributed by atoms with E-state index in [1.165, 1.54) is 4.90 Å². The van der Waals surface area contributed by atoms with Gasteiger partial charge in [0.15, 0.2) is 0 Å². The van der Waals surface area contributed by atoms with Crippen LogP contribution in [0.5, 0.6) is 0 Å². The van der Waals surface area contributed by atoms with Gasteiger partial charge in [0.1, 0.15) is 6.54 Å². The van der Waals surface area contributed by atoms with Gasteiger partial charge in [0.25, 0.3) is 0 Å². The molecule has 0 aliphatic heterocycles. The van der Waals surface area contributed by atoms with Crippen molar-refractivity contribution in [3.8, 4) is 0 Å². The summed E-state index contributed by atoms with van der Waals surface area (Å²) in [4.78, 5) is 24.6. The topological polar surface area (TPSA) is 69.6 Å². The molecule has 0 heterocycles. The van der Waals surface area contributed by atoms with Crippen molar-refractivity contribution in [1.29, 1.82) is 0 Å². The first-order valence-corrected chi connectivity index (χ1v) is 7.28. The molecule has 0 aliphatic carbocycles. The van der Waals surface area contributed by atoms with Crippen molar-refractivity contribution in [3.05, 3.63) is 29.3 Å². The van der Waals surface area contributed by atoms with E-state index in [0.717, 1.165) is 6.42 Å². The van der Waals surface area contributed by atoms with E-state index in [1.54, 1.807) is 24.3 Å². The third-order valence-corrected chi connectivity index (χ3v) is 3.48. The largest absolute Gasteiger partial charge is 0.480 e. The second-order valence-electron chi connectivity index (χ2n) is 5.16. The average Bonchev–Trinajstić information content (AvgIpc) is 2.42. The summed E-state index contributed by atoms with van der Waals surface area (Å²) >= 11 is 5.81. The number of carbonyl (C=O) groups is 2. The lowest BCUT2D eigenvalue weighted by molar-refractivity contribution is -0.135. The summed E-state index contributed by atoms with van der Waals surface area (Å²) in [7, 11) is 0. The van der Waals surface area contributed by atoms with Gasteiger partial charge in [0.2, 0.25) is 0 Å². The highest BCUT2D eigenvalue weighted by Gasteiger charge is 2.22. The van der Waals surface area contributed by atoms with Crippen LogP contribution in [0, 0.1) is 5.92 Å². The van der Waals surface area contributed by atoms with E-state index in [4.69, 9.17) is 16.7 Å². The lowest BCUT2D eigenvalue weighted by Gasteiger charge is -2.27. The number of carbonyl (C=O) groups excluding carboxylic acids is 1. The summed E-state index contributed by atoms with van der Waals surface area (Å²) < 4.78 is 0. The number of rotatable bonds is 6. The molecule has 1 atom stereocenters. The molecule has 116 valence electrons. The Morgan fingerprint density at radius 1 is 1.29 bits per heavy atom. The highest BCUT2D eigenvalue weighted by molar-refractivity contribution is 6.30. The quantitative estimate of drug-likeness (QED) is 0.846. The predicted molar refractivity (Wildman–Crippen MR) is 83.9 cm³/mol. The van der Waals surface area contributed by atoms with Crippen molar-refractivity contribution < 1.29 is 14.7 Å². The van der Waals surface area contributed by atoms with E-state index in [9.17, 15) is 9.59 Å². The number of aliphatic carboxylic acids is 1. The number of anilines is 1. The zero-order valence-corrected chi connectivity index (χ0v) is 13.2. The third kappa shape index (κ3) is 5.27. The Bertz CT molecular complexity index is 488. The molecule has 0 aliphatic rings. The lowest BCUT2D eigenvalue weighted by Crippen LogP contribution is -2.48. The van der Waals surface area contributed by atoms with Gasteiger partial charge in [0.05, 0.1) is 0 Å². The van der Waals surface area contributed by atoms with Gasteiger partial charge in [-0.05, 0) is 36.6 Å². The first-order valence-electron chi connectivity index (χ1n) is 6.90. The Labute approximate surface area is 129 Å². The van der Waals surface area contributed by atoms with Crippen LogP contribution in [0.15, 0.2) is 24.3 Å². The molecule has 5 nitrogen and oxygen atoms in total. The fourth-order valence-corrected chi connectivity index (χ4v) is 2.14. The highest BCUT2D eigenvalue weighted by atomic mass is 35.5. The zero-order valence-electron chi connectivity index (χ0n) is 12.5. The number of urea groups is 1. The predicted octanol–water partition coefficient (Wildman–Crippen LogP) is 3.38. The molecule has 2 N–H and O–H groups in total. The summed E-state index contributed by atoms with van der Waals surface area (Å²) in [5.41, 5.74) is 0.498. The molecule has 0 saturated carbocycles. The first-order chi connectivity index (χ1) is 9.85. The van der Waals surface area contributed by atoms with Crippen LogP contribution >= 0.6 is 11.6 Å². The van der Waals surface area contributed by atoms with E-state index in [1.807, 2.05) is 20.8 Å². The molecule has 0 bridgehead atoms. The molecule has 21 heavy (non-hydrogen) atoms. The third-order valence-electron chi connectivity index (χ3n) is 3.23. The minimum Gasteiger partial charge on any atom is -0.480 e. The average molecular weight is 313 g/mol. The Kier molecular flexibility index (Phi) is 6.49. The second kappa shape index (κ2) is 7.88. The maximum absolute atomic E-state index is 12.4. The normalized spacial score (nSPS) is 12.0. The Morgan fingerprint density at radius 2 is 1.86 bits per heavy atom. The molecule has 2 amide bonds. The van der Waals surface area contributed by atoms with Gasteiger partial charge in [-0.1, -0.05) is 32.4 Å². The van der Waals surface area contributed by atoms with Gasteiger partial charge in [-0.15, -0.1) is 0 Å². The summed E-state index contributed by atoms with van der Waals surface area (Å²) in [6.07, 6.45) is 0.783. The summed E-state index contributed by atoms with van der Waals surface area (Å²) in [6, 6.07) is 6.08. The first kappa shape index (κ1) is 17.3.